The molecule has 0 saturated carbocycles. The molecule has 0 rings (SSSR count). The molecule has 4 nitrogen and oxygen atoms in total. The minimum atomic E-state index is -0.569. The van der Waals surface area contributed by atoms with Gasteiger partial charge in [-0.2, -0.15) is 0 Å². The van der Waals surface area contributed by atoms with Gasteiger partial charge in [-0.25, -0.2) is 4.79 Å². The van der Waals surface area contributed by atoms with Crippen molar-refractivity contribution in [3.63, 3.8) is 0 Å². The van der Waals surface area contributed by atoms with Gasteiger partial charge in [0.1, 0.15) is 0 Å². The van der Waals surface area contributed by atoms with Crippen LogP contribution in [0.25, 0.3) is 4.85 Å². The van der Waals surface area contributed by atoms with Gasteiger partial charge >= 0.3 is 11.7 Å². The first-order chi connectivity index (χ1) is 5.63. The molecule has 68 valence electrons. The first kappa shape index (κ1) is 13.3. The zero-order valence-electron chi connectivity index (χ0n) is 7.76. The zero-order valence-corrected chi connectivity index (χ0v) is 7.76. The van der Waals surface area contributed by atoms with Crippen LogP contribution in [-0.2, 0) is 9.53 Å². The van der Waals surface area contributed by atoms with Gasteiger partial charge < -0.3 is 10.1 Å². The molecule has 0 aromatic rings. The van der Waals surface area contributed by atoms with Crippen LogP contribution in [-0.4, -0.2) is 26.7 Å². The van der Waals surface area contributed by atoms with E-state index in [4.69, 9.17) is 6.57 Å². The van der Waals surface area contributed by atoms with Gasteiger partial charge in [-0.3, -0.25) is 0 Å². The molecule has 1 N–H and O–H groups in total. The Bertz CT molecular complexity index is 182. The van der Waals surface area contributed by atoms with Gasteiger partial charge in [-0.1, -0.05) is 0 Å². The average molecular weight is 171 g/mol. The zero-order chi connectivity index (χ0) is 9.98. The number of carbonyl (C=O) groups excluding carboxylic acids is 1. The lowest BCUT2D eigenvalue weighted by Gasteiger charge is -1.90. The summed E-state index contributed by atoms with van der Waals surface area (Å²) in [6, 6.07) is 0. The summed E-state index contributed by atoms with van der Waals surface area (Å²) in [5.41, 5.74) is -0.0585. The van der Waals surface area contributed by atoms with Crippen molar-refractivity contribution in [1.29, 1.82) is 0 Å². The van der Waals surface area contributed by atoms with E-state index in [0.717, 1.165) is 0 Å². The maximum Gasteiger partial charge on any atom is 0.422 e. The van der Waals surface area contributed by atoms with Crippen LogP contribution in [0.4, 0.5) is 0 Å². The molecule has 0 saturated heterocycles. The SMILES string of the molecule is C#[N+]C(=C)C(=O)OCC.CNC. The molecule has 0 radical (unpaired) electrons. The average Bonchev–Trinajstić information content (AvgIpc) is 2.05. The van der Waals surface area contributed by atoms with Crippen molar-refractivity contribution in [2.24, 2.45) is 0 Å². The Morgan fingerprint density at radius 1 is 1.67 bits per heavy atom. The standard InChI is InChI=1S/C6H8NO2.C2H7N/c1-4-9-6(8)5(2)7-3;1-3-2/h3H,2,4H2,1H3;3H,1-2H3/q+1;. The summed E-state index contributed by atoms with van der Waals surface area (Å²) in [6.07, 6.45) is 0. The quantitative estimate of drug-likeness (QED) is 0.495. The van der Waals surface area contributed by atoms with Gasteiger partial charge in [0.2, 0.25) is 0 Å². The number of rotatable bonds is 2. The third-order valence-corrected chi connectivity index (χ3v) is 0.667. The van der Waals surface area contributed by atoms with Crippen molar-refractivity contribution in [2.45, 2.75) is 6.92 Å². The van der Waals surface area contributed by atoms with E-state index in [-0.39, 0.29) is 5.70 Å². The normalized spacial score (nSPS) is 7.17. The summed E-state index contributed by atoms with van der Waals surface area (Å²) < 4.78 is 4.48. The minimum absolute atomic E-state index is 0.0585. The fourth-order valence-corrected chi connectivity index (χ4v) is 0.267. The Kier molecular flexibility index (Phi) is 10.7. The largest absolute Gasteiger partial charge is 0.457 e. The van der Waals surface area contributed by atoms with Crippen LogP contribution in [0.5, 0.6) is 0 Å². The van der Waals surface area contributed by atoms with Crippen LogP contribution in [0, 0.1) is 6.57 Å². The summed E-state index contributed by atoms with van der Waals surface area (Å²) in [4.78, 5) is 13.5. The maximum absolute atomic E-state index is 10.5. The van der Waals surface area contributed by atoms with Gasteiger partial charge in [-0.15, -0.1) is 0 Å². The predicted molar refractivity (Wildman–Crippen MR) is 49.1 cm³/mol. The Morgan fingerprint density at radius 2 is 2.08 bits per heavy atom. The monoisotopic (exact) mass is 171 g/mol. The van der Waals surface area contributed by atoms with Crippen molar-refractivity contribution in [1.82, 2.24) is 5.32 Å². The van der Waals surface area contributed by atoms with E-state index in [2.05, 4.69) is 21.5 Å². The lowest BCUT2D eigenvalue weighted by Crippen LogP contribution is -2.03. The van der Waals surface area contributed by atoms with E-state index in [1.54, 1.807) is 6.92 Å². The molecule has 0 amide bonds. The molecular weight excluding hydrogens is 156 g/mol. The van der Waals surface area contributed by atoms with E-state index in [1.807, 2.05) is 14.1 Å². The van der Waals surface area contributed by atoms with Crippen LogP contribution < -0.4 is 5.32 Å². The van der Waals surface area contributed by atoms with Gasteiger partial charge in [0.25, 0.3) is 6.57 Å². The van der Waals surface area contributed by atoms with Crippen molar-refractivity contribution in [3.8, 4) is 6.57 Å². The van der Waals surface area contributed by atoms with Gasteiger partial charge in [0.15, 0.2) is 0 Å². The van der Waals surface area contributed by atoms with Crippen LogP contribution >= 0.6 is 0 Å². The third-order valence-electron chi connectivity index (χ3n) is 0.667. The summed E-state index contributed by atoms with van der Waals surface area (Å²) in [5.74, 6) is -0.569. The van der Waals surface area contributed by atoms with Crippen molar-refractivity contribution < 1.29 is 9.53 Å². The molecule has 0 aromatic heterocycles. The molecule has 0 aliphatic carbocycles. The summed E-state index contributed by atoms with van der Waals surface area (Å²) in [6.45, 7) is 9.96. The van der Waals surface area contributed by atoms with Crippen molar-refractivity contribution in [2.75, 3.05) is 20.7 Å². The smallest absolute Gasteiger partial charge is 0.422 e. The number of nitrogens with zero attached hydrogens (tertiary/aromatic N) is 1. The molecule has 0 aromatic carbocycles. The minimum Gasteiger partial charge on any atom is -0.457 e. The summed E-state index contributed by atoms with van der Waals surface area (Å²) >= 11 is 0. The van der Waals surface area contributed by atoms with Crippen LogP contribution in [0.15, 0.2) is 12.3 Å². The summed E-state index contributed by atoms with van der Waals surface area (Å²) in [5, 5.41) is 2.75. The van der Waals surface area contributed by atoms with Crippen molar-refractivity contribution in [3.05, 3.63) is 17.1 Å². The van der Waals surface area contributed by atoms with Gasteiger partial charge in [0, 0.05) is 6.58 Å². The number of hydrogen-bond donors (Lipinski definition) is 1. The second kappa shape index (κ2) is 9.66. The maximum atomic E-state index is 10.5. The molecule has 0 fully saturated rings. The van der Waals surface area contributed by atoms with E-state index in [9.17, 15) is 4.79 Å². The highest BCUT2D eigenvalue weighted by molar-refractivity contribution is 5.89. The van der Waals surface area contributed by atoms with Crippen LogP contribution in [0.1, 0.15) is 6.92 Å². The van der Waals surface area contributed by atoms with E-state index in [0.29, 0.717) is 6.61 Å². The number of esters is 1. The molecule has 0 heterocycles. The molecule has 0 atom stereocenters. The molecule has 0 aliphatic heterocycles. The Balaban J connectivity index is 0. The lowest BCUT2D eigenvalue weighted by molar-refractivity contribution is -0.138. The second-order valence-electron chi connectivity index (χ2n) is 1.80. The number of nitrogens with one attached hydrogen (secondary N) is 1. The molecule has 4 heteroatoms. The highest BCUT2D eigenvalue weighted by Crippen LogP contribution is 1.93. The fraction of sp³-hybridized carbons (Fsp3) is 0.500. The van der Waals surface area contributed by atoms with Gasteiger partial charge in [-0.05, 0) is 25.9 Å². The number of hydrogen-bond acceptors (Lipinski definition) is 3. The van der Waals surface area contributed by atoms with E-state index in [1.165, 1.54) is 0 Å². The highest BCUT2D eigenvalue weighted by Gasteiger charge is 2.15. The first-order valence-corrected chi connectivity index (χ1v) is 3.49. The highest BCUT2D eigenvalue weighted by atomic mass is 16.5. The van der Waals surface area contributed by atoms with Gasteiger partial charge in [0.05, 0.1) is 6.61 Å². The second-order valence-corrected chi connectivity index (χ2v) is 1.80. The molecule has 0 unspecified atom stereocenters. The Hall–Kier alpha value is -1.34. The Labute approximate surface area is 73.0 Å². The number of ether oxygens (including phenoxy) is 1. The molecule has 0 bridgehead atoms. The van der Waals surface area contributed by atoms with Crippen LogP contribution in [0.2, 0.25) is 0 Å². The lowest BCUT2D eigenvalue weighted by atomic mass is 10.5. The van der Waals surface area contributed by atoms with E-state index >= 15 is 0 Å². The predicted octanol–water partition coefficient (Wildman–Crippen LogP) is 0.861. The fourth-order valence-electron chi connectivity index (χ4n) is 0.267. The molecule has 0 aliphatic rings. The van der Waals surface area contributed by atoms with E-state index < -0.39 is 5.97 Å². The molecule has 0 spiro atoms. The summed E-state index contributed by atoms with van der Waals surface area (Å²) in [7, 11) is 3.75. The van der Waals surface area contributed by atoms with Crippen LogP contribution in [0.3, 0.4) is 0 Å². The molecule has 12 heavy (non-hydrogen) atoms. The van der Waals surface area contributed by atoms with Crippen molar-refractivity contribution >= 4 is 5.97 Å². The topological polar surface area (TPSA) is 42.7 Å². The Morgan fingerprint density at radius 3 is 2.33 bits per heavy atom. The molecular formula is C8H15N2O2+. The first-order valence-electron chi connectivity index (χ1n) is 3.49. The number of carbonyl (C=O) groups is 1. The third kappa shape index (κ3) is 8.66.